The lowest BCUT2D eigenvalue weighted by atomic mass is 10.00. The van der Waals surface area contributed by atoms with Gasteiger partial charge in [-0.2, -0.15) is 5.43 Å². The first-order valence-electron chi connectivity index (χ1n) is 10.7. The predicted molar refractivity (Wildman–Crippen MR) is 119 cm³/mol. The molecule has 1 fully saturated rings. The van der Waals surface area contributed by atoms with Crippen molar-refractivity contribution in [3.05, 3.63) is 72.6 Å². The third-order valence-electron chi connectivity index (χ3n) is 5.57. The summed E-state index contributed by atoms with van der Waals surface area (Å²) >= 11 is 0. The minimum atomic E-state index is -0.0860. The van der Waals surface area contributed by atoms with Crippen molar-refractivity contribution in [3.8, 4) is 11.6 Å². The quantitative estimate of drug-likeness (QED) is 0.591. The molecule has 0 spiro atoms. The van der Waals surface area contributed by atoms with E-state index < -0.39 is 0 Å². The van der Waals surface area contributed by atoms with E-state index in [1.165, 1.54) is 6.42 Å². The summed E-state index contributed by atoms with van der Waals surface area (Å²) in [5.74, 6) is 1.60. The number of nitrogens with two attached hydrogens (primary N) is 1. The molecule has 7 nitrogen and oxygen atoms in total. The van der Waals surface area contributed by atoms with Crippen LogP contribution in [-0.4, -0.2) is 33.0 Å². The molecule has 1 aliphatic heterocycles. The molecule has 4 rings (SSSR count). The maximum absolute atomic E-state index is 13.0. The SMILES string of the molecule is C[C@@H]1CCC[C@@H](C)N1[NH2+]C(=O)c1cccnc1Oc1ccc(Nc2ccccn2)cc1. The van der Waals surface area contributed by atoms with Crippen LogP contribution < -0.4 is 15.5 Å². The highest BCUT2D eigenvalue weighted by Gasteiger charge is 2.31. The topological polar surface area (TPSA) is 84.0 Å². The van der Waals surface area contributed by atoms with Gasteiger partial charge in [0, 0.05) is 18.1 Å². The molecule has 2 aromatic heterocycles. The van der Waals surface area contributed by atoms with E-state index in [-0.39, 0.29) is 5.91 Å². The molecule has 3 N–H and O–H groups in total. The van der Waals surface area contributed by atoms with Crippen molar-refractivity contribution in [3.63, 3.8) is 0 Å². The number of ether oxygens (including phenoxy) is 1. The van der Waals surface area contributed by atoms with Crippen LogP contribution in [0.4, 0.5) is 11.5 Å². The standard InChI is InChI=1S/C24H27N5O2/c1-17-7-5-8-18(2)29(17)28-23(30)21-9-6-16-26-24(21)31-20-13-11-19(12-14-20)27-22-10-3-4-15-25-22/h3-4,6,9-18H,5,7-8H2,1-2H3,(H,25,27)(H,28,30)/p+1/t17-,18-/m1/s1. The van der Waals surface area contributed by atoms with E-state index in [9.17, 15) is 4.79 Å². The Morgan fingerprint density at radius 1 is 1.00 bits per heavy atom. The van der Waals surface area contributed by atoms with Crippen LogP contribution in [-0.2, 0) is 0 Å². The number of amides is 1. The van der Waals surface area contributed by atoms with Gasteiger partial charge in [-0.25, -0.2) is 14.8 Å². The molecule has 7 heteroatoms. The van der Waals surface area contributed by atoms with E-state index >= 15 is 0 Å². The highest BCUT2D eigenvalue weighted by atomic mass is 16.5. The summed E-state index contributed by atoms with van der Waals surface area (Å²) in [5.41, 5.74) is 3.08. The minimum absolute atomic E-state index is 0.0860. The van der Waals surface area contributed by atoms with Gasteiger partial charge in [-0.15, -0.1) is 5.01 Å². The van der Waals surface area contributed by atoms with Gasteiger partial charge in [0.25, 0.3) is 0 Å². The number of primary amides is 1. The first-order valence-corrected chi connectivity index (χ1v) is 10.7. The van der Waals surface area contributed by atoms with Crippen LogP contribution in [0.3, 0.4) is 0 Å². The van der Waals surface area contributed by atoms with Crippen molar-refractivity contribution in [1.82, 2.24) is 15.0 Å². The number of anilines is 2. The van der Waals surface area contributed by atoms with Crippen molar-refractivity contribution < 1.29 is 15.0 Å². The Bertz CT molecular complexity index is 1000. The first kappa shape index (κ1) is 21.0. The van der Waals surface area contributed by atoms with Crippen LogP contribution in [0.1, 0.15) is 43.5 Å². The molecule has 1 aliphatic rings. The number of pyridine rings is 2. The Morgan fingerprint density at radius 3 is 2.45 bits per heavy atom. The van der Waals surface area contributed by atoms with Gasteiger partial charge >= 0.3 is 5.91 Å². The number of carbonyl (C=O) groups excluding carboxylic acids is 1. The number of hydrogen-bond acceptors (Lipinski definition) is 6. The van der Waals surface area contributed by atoms with E-state index in [4.69, 9.17) is 4.74 Å². The fraction of sp³-hybridized carbons (Fsp3) is 0.292. The second-order valence-corrected chi connectivity index (χ2v) is 7.89. The maximum Gasteiger partial charge on any atom is 0.367 e. The molecule has 0 unspecified atom stereocenters. The largest absolute Gasteiger partial charge is 0.438 e. The molecule has 0 bridgehead atoms. The Labute approximate surface area is 182 Å². The number of nitrogens with zero attached hydrogens (tertiary/aromatic N) is 3. The van der Waals surface area contributed by atoms with E-state index in [1.807, 2.05) is 42.5 Å². The second-order valence-electron chi connectivity index (χ2n) is 7.89. The molecule has 3 heterocycles. The molecular formula is C24H28N5O2+. The zero-order valence-corrected chi connectivity index (χ0v) is 17.9. The minimum Gasteiger partial charge on any atom is -0.438 e. The van der Waals surface area contributed by atoms with Crippen LogP contribution >= 0.6 is 0 Å². The Morgan fingerprint density at radius 2 is 1.74 bits per heavy atom. The van der Waals surface area contributed by atoms with E-state index in [2.05, 4.69) is 34.1 Å². The number of nitrogens with one attached hydrogen (secondary N) is 1. The monoisotopic (exact) mass is 418 g/mol. The number of piperidine rings is 1. The molecule has 31 heavy (non-hydrogen) atoms. The van der Waals surface area contributed by atoms with Crippen LogP contribution in [0.25, 0.3) is 0 Å². The van der Waals surface area contributed by atoms with E-state index in [0.29, 0.717) is 29.3 Å². The molecule has 1 amide bonds. The van der Waals surface area contributed by atoms with Crippen molar-refractivity contribution in [2.45, 2.75) is 45.2 Å². The molecule has 2 atom stereocenters. The van der Waals surface area contributed by atoms with Gasteiger partial charge in [-0.3, -0.25) is 0 Å². The lowest BCUT2D eigenvalue weighted by Gasteiger charge is -2.34. The normalized spacial score (nSPS) is 19.0. The number of quaternary nitrogens is 1. The van der Waals surface area contributed by atoms with Crippen LogP contribution in [0.5, 0.6) is 11.6 Å². The smallest absolute Gasteiger partial charge is 0.367 e. The molecule has 160 valence electrons. The maximum atomic E-state index is 13.0. The summed E-state index contributed by atoms with van der Waals surface area (Å²) < 4.78 is 5.96. The predicted octanol–water partition coefficient (Wildman–Crippen LogP) is 3.89. The van der Waals surface area contributed by atoms with E-state index in [0.717, 1.165) is 24.3 Å². The second kappa shape index (κ2) is 9.68. The zero-order valence-electron chi connectivity index (χ0n) is 17.9. The summed E-state index contributed by atoms with van der Waals surface area (Å²) in [6.07, 6.45) is 6.77. The van der Waals surface area contributed by atoms with Gasteiger partial charge in [0.1, 0.15) is 17.1 Å². The lowest BCUT2D eigenvalue weighted by Crippen LogP contribution is -2.99. The lowest BCUT2D eigenvalue weighted by molar-refractivity contribution is -0.738. The summed E-state index contributed by atoms with van der Waals surface area (Å²) in [7, 11) is 0. The number of carbonyl (C=O) groups is 1. The number of rotatable bonds is 6. The summed E-state index contributed by atoms with van der Waals surface area (Å²) in [5, 5.41) is 5.40. The van der Waals surface area contributed by atoms with Crippen molar-refractivity contribution >= 4 is 17.4 Å². The average molecular weight is 419 g/mol. The van der Waals surface area contributed by atoms with Crippen molar-refractivity contribution in [1.29, 1.82) is 0 Å². The van der Waals surface area contributed by atoms with Crippen LogP contribution in [0, 0.1) is 0 Å². The van der Waals surface area contributed by atoms with Crippen LogP contribution in [0.2, 0.25) is 0 Å². The molecule has 0 radical (unpaired) electrons. The van der Waals surface area contributed by atoms with Gasteiger partial charge in [0.2, 0.25) is 5.88 Å². The molecule has 1 aromatic carbocycles. The van der Waals surface area contributed by atoms with Crippen molar-refractivity contribution in [2.24, 2.45) is 0 Å². The molecule has 3 aromatic rings. The fourth-order valence-electron chi connectivity index (χ4n) is 3.86. The highest BCUT2D eigenvalue weighted by molar-refractivity contribution is 5.89. The highest BCUT2D eigenvalue weighted by Crippen LogP contribution is 2.25. The fourth-order valence-corrected chi connectivity index (χ4v) is 3.86. The number of benzene rings is 1. The molecule has 0 aliphatic carbocycles. The van der Waals surface area contributed by atoms with Gasteiger partial charge in [-0.05, 0) is 81.6 Å². The van der Waals surface area contributed by atoms with Gasteiger partial charge in [-0.1, -0.05) is 6.07 Å². The molecule has 0 saturated carbocycles. The van der Waals surface area contributed by atoms with Crippen LogP contribution in [0.15, 0.2) is 67.0 Å². The molecular weight excluding hydrogens is 390 g/mol. The summed E-state index contributed by atoms with van der Waals surface area (Å²) in [6.45, 7) is 4.33. The van der Waals surface area contributed by atoms with Gasteiger partial charge in [0.05, 0.1) is 12.1 Å². The zero-order chi connectivity index (χ0) is 21.6. The number of hydrogen-bond donors (Lipinski definition) is 2. The van der Waals surface area contributed by atoms with Gasteiger partial charge < -0.3 is 10.1 Å². The van der Waals surface area contributed by atoms with Crippen molar-refractivity contribution in [2.75, 3.05) is 5.32 Å². The Balaban J connectivity index is 1.45. The Kier molecular flexibility index (Phi) is 6.54. The Hall–Kier alpha value is -3.29. The van der Waals surface area contributed by atoms with E-state index in [1.54, 1.807) is 30.0 Å². The average Bonchev–Trinajstić information content (AvgIpc) is 2.79. The molecule has 1 saturated heterocycles. The number of aromatic nitrogens is 2. The van der Waals surface area contributed by atoms with Gasteiger partial charge in [0.15, 0.2) is 0 Å². The third kappa shape index (κ3) is 5.25. The summed E-state index contributed by atoms with van der Waals surface area (Å²) in [4.78, 5) is 21.6. The third-order valence-corrected chi connectivity index (χ3v) is 5.57. The first-order chi connectivity index (χ1) is 15.1. The summed E-state index contributed by atoms with van der Waals surface area (Å²) in [6, 6.07) is 17.4.